The van der Waals surface area contributed by atoms with Crippen molar-refractivity contribution in [3.8, 4) is 0 Å². The van der Waals surface area contributed by atoms with Gasteiger partial charge in [0.15, 0.2) is 10.4 Å². The van der Waals surface area contributed by atoms with Crippen molar-refractivity contribution in [2.45, 2.75) is 12.5 Å². The predicted molar refractivity (Wildman–Crippen MR) is 84.6 cm³/mol. The van der Waals surface area contributed by atoms with E-state index in [4.69, 9.17) is 10.2 Å². The molecule has 0 radical (unpaired) electrons. The SMILES string of the molecule is NCC(Cc1ccccc1)NC(=O)c1cc(Br)c(Br)o1. The molecule has 0 aliphatic carbocycles. The van der Waals surface area contributed by atoms with Crippen molar-refractivity contribution in [1.82, 2.24) is 5.32 Å². The molecule has 3 N–H and O–H groups in total. The largest absolute Gasteiger partial charge is 0.443 e. The van der Waals surface area contributed by atoms with Crippen LogP contribution in [0.25, 0.3) is 0 Å². The highest BCUT2D eigenvalue weighted by atomic mass is 79.9. The zero-order valence-corrected chi connectivity index (χ0v) is 13.8. The van der Waals surface area contributed by atoms with Crippen LogP contribution in [0.1, 0.15) is 16.1 Å². The van der Waals surface area contributed by atoms with E-state index in [-0.39, 0.29) is 17.7 Å². The molecule has 0 saturated carbocycles. The minimum atomic E-state index is -0.275. The molecule has 0 spiro atoms. The topological polar surface area (TPSA) is 68.3 Å². The monoisotopic (exact) mass is 400 g/mol. The number of benzene rings is 1. The van der Waals surface area contributed by atoms with Gasteiger partial charge in [-0.15, -0.1) is 0 Å². The summed E-state index contributed by atoms with van der Waals surface area (Å²) in [6, 6.07) is 11.4. The average Bonchev–Trinajstić information content (AvgIpc) is 2.79. The molecule has 1 aromatic carbocycles. The maximum absolute atomic E-state index is 12.1. The molecule has 20 heavy (non-hydrogen) atoms. The van der Waals surface area contributed by atoms with E-state index in [0.717, 1.165) is 5.56 Å². The number of carbonyl (C=O) groups excluding carboxylic acids is 1. The third kappa shape index (κ3) is 3.94. The summed E-state index contributed by atoms with van der Waals surface area (Å²) in [5.41, 5.74) is 6.85. The van der Waals surface area contributed by atoms with Gasteiger partial charge in [0.25, 0.3) is 5.91 Å². The smallest absolute Gasteiger partial charge is 0.287 e. The third-order valence-electron chi connectivity index (χ3n) is 2.81. The maximum atomic E-state index is 12.1. The van der Waals surface area contributed by atoms with Crippen molar-refractivity contribution in [1.29, 1.82) is 0 Å². The lowest BCUT2D eigenvalue weighted by Crippen LogP contribution is -2.41. The van der Waals surface area contributed by atoms with Gasteiger partial charge in [-0.25, -0.2) is 0 Å². The molecule has 1 aromatic heterocycles. The van der Waals surface area contributed by atoms with Crippen LogP contribution in [0.15, 0.2) is 50.0 Å². The fraction of sp³-hybridized carbons (Fsp3) is 0.214. The summed E-state index contributed by atoms with van der Waals surface area (Å²) < 4.78 is 6.49. The van der Waals surface area contributed by atoms with Gasteiger partial charge >= 0.3 is 0 Å². The molecule has 106 valence electrons. The first-order valence-corrected chi connectivity index (χ1v) is 7.68. The molecule has 0 saturated heterocycles. The van der Waals surface area contributed by atoms with Gasteiger partial charge in [-0.2, -0.15) is 0 Å². The van der Waals surface area contributed by atoms with Gasteiger partial charge in [-0.05, 0) is 43.8 Å². The number of hydrogen-bond donors (Lipinski definition) is 2. The Bertz CT molecular complexity index is 565. The zero-order chi connectivity index (χ0) is 14.5. The van der Waals surface area contributed by atoms with Gasteiger partial charge < -0.3 is 15.5 Å². The van der Waals surface area contributed by atoms with E-state index in [0.29, 0.717) is 22.1 Å². The van der Waals surface area contributed by atoms with Crippen molar-refractivity contribution in [3.05, 3.63) is 56.9 Å². The van der Waals surface area contributed by atoms with E-state index in [1.165, 1.54) is 0 Å². The summed E-state index contributed by atoms with van der Waals surface area (Å²) in [5, 5.41) is 2.87. The Morgan fingerprint density at radius 2 is 2.00 bits per heavy atom. The minimum Gasteiger partial charge on any atom is -0.443 e. The second kappa shape index (κ2) is 7.06. The van der Waals surface area contributed by atoms with E-state index in [1.54, 1.807) is 6.07 Å². The van der Waals surface area contributed by atoms with Gasteiger partial charge in [0, 0.05) is 18.7 Å². The summed E-state index contributed by atoms with van der Waals surface area (Å²) in [6.45, 7) is 0.365. The van der Waals surface area contributed by atoms with E-state index in [2.05, 4.69) is 37.2 Å². The number of furan rings is 1. The Morgan fingerprint density at radius 3 is 2.55 bits per heavy atom. The maximum Gasteiger partial charge on any atom is 0.287 e. The van der Waals surface area contributed by atoms with E-state index >= 15 is 0 Å². The highest BCUT2D eigenvalue weighted by molar-refractivity contribution is 9.13. The number of nitrogens with one attached hydrogen (secondary N) is 1. The molecular formula is C14H14Br2N2O2. The Morgan fingerprint density at radius 1 is 1.30 bits per heavy atom. The normalized spacial score (nSPS) is 12.2. The molecular weight excluding hydrogens is 388 g/mol. The van der Waals surface area contributed by atoms with Crippen molar-refractivity contribution in [2.75, 3.05) is 6.54 Å². The minimum absolute atomic E-state index is 0.132. The summed E-state index contributed by atoms with van der Waals surface area (Å²) in [7, 11) is 0. The van der Waals surface area contributed by atoms with Gasteiger partial charge in [-0.3, -0.25) is 4.79 Å². The zero-order valence-electron chi connectivity index (χ0n) is 10.6. The van der Waals surface area contributed by atoms with Crippen LogP contribution < -0.4 is 11.1 Å². The van der Waals surface area contributed by atoms with Gasteiger partial charge in [-0.1, -0.05) is 30.3 Å². The first-order chi connectivity index (χ1) is 9.60. The quantitative estimate of drug-likeness (QED) is 0.808. The first kappa shape index (κ1) is 15.3. The Labute approximate surface area is 134 Å². The standard InChI is InChI=1S/C14H14Br2N2O2/c15-11-7-12(20-13(11)16)14(19)18-10(8-17)6-9-4-2-1-3-5-9/h1-5,7,10H,6,8,17H2,(H,18,19). The van der Waals surface area contributed by atoms with E-state index in [1.807, 2.05) is 30.3 Å². The summed E-state index contributed by atoms with van der Waals surface area (Å²) in [4.78, 5) is 12.1. The molecule has 0 fully saturated rings. The number of rotatable bonds is 5. The van der Waals surface area contributed by atoms with Crippen LogP contribution in [-0.4, -0.2) is 18.5 Å². The summed E-state index contributed by atoms with van der Waals surface area (Å²) >= 11 is 6.48. The lowest BCUT2D eigenvalue weighted by molar-refractivity contribution is 0.0908. The van der Waals surface area contributed by atoms with Crippen molar-refractivity contribution < 1.29 is 9.21 Å². The molecule has 0 aliphatic rings. The number of hydrogen-bond acceptors (Lipinski definition) is 3. The summed E-state index contributed by atoms with van der Waals surface area (Å²) in [6.07, 6.45) is 0.687. The lowest BCUT2D eigenvalue weighted by Gasteiger charge is -2.16. The Kier molecular flexibility index (Phi) is 5.39. The molecule has 0 bridgehead atoms. The van der Waals surface area contributed by atoms with Crippen molar-refractivity contribution in [3.63, 3.8) is 0 Å². The Balaban J connectivity index is 2.01. The highest BCUT2D eigenvalue weighted by Gasteiger charge is 2.17. The van der Waals surface area contributed by atoms with Crippen LogP contribution >= 0.6 is 31.9 Å². The fourth-order valence-corrected chi connectivity index (χ4v) is 2.38. The molecule has 1 heterocycles. The third-order valence-corrected chi connectivity index (χ3v) is 4.52. The molecule has 0 aliphatic heterocycles. The molecule has 6 heteroatoms. The molecule has 1 atom stereocenters. The van der Waals surface area contributed by atoms with Crippen LogP contribution in [0.2, 0.25) is 0 Å². The van der Waals surface area contributed by atoms with Crippen molar-refractivity contribution >= 4 is 37.8 Å². The Hall–Kier alpha value is -1.11. The number of nitrogens with two attached hydrogens (primary N) is 1. The average molecular weight is 402 g/mol. The number of halogens is 2. The van der Waals surface area contributed by atoms with Gasteiger partial charge in [0.2, 0.25) is 0 Å². The molecule has 4 nitrogen and oxygen atoms in total. The van der Waals surface area contributed by atoms with Crippen LogP contribution in [0, 0.1) is 0 Å². The second-order valence-corrected chi connectivity index (χ2v) is 5.90. The fourth-order valence-electron chi connectivity index (χ4n) is 1.81. The molecule has 2 rings (SSSR count). The number of carbonyl (C=O) groups is 1. The number of amides is 1. The highest BCUT2D eigenvalue weighted by Crippen LogP contribution is 2.26. The van der Waals surface area contributed by atoms with Crippen LogP contribution in [0.5, 0.6) is 0 Å². The van der Waals surface area contributed by atoms with Crippen molar-refractivity contribution in [2.24, 2.45) is 5.73 Å². The summed E-state index contributed by atoms with van der Waals surface area (Å²) in [5.74, 6) is -0.0296. The van der Waals surface area contributed by atoms with Crippen LogP contribution in [-0.2, 0) is 6.42 Å². The van der Waals surface area contributed by atoms with E-state index in [9.17, 15) is 4.79 Å². The van der Waals surface area contributed by atoms with Gasteiger partial charge in [0.1, 0.15) is 0 Å². The van der Waals surface area contributed by atoms with Crippen LogP contribution in [0.4, 0.5) is 0 Å². The first-order valence-electron chi connectivity index (χ1n) is 6.10. The molecule has 1 unspecified atom stereocenters. The van der Waals surface area contributed by atoms with E-state index < -0.39 is 0 Å². The molecule has 1 amide bonds. The lowest BCUT2D eigenvalue weighted by atomic mass is 10.1. The second-order valence-electron chi connectivity index (χ2n) is 4.33. The molecule has 2 aromatic rings. The predicted octanol–water partition coefficient (Wildman–Crippen LogP) is 3.10. The van der Waals surface area contributed by atoms with Gasteiger partial charge in [0.05, 0.1) is 4.47 Å². The van der Waals surface area contributed by atoms with Crippen LogP contribution in [0.3, 0.4) is 0 Å².